The molecule has 0 aromatic heterocycles. The van der Waals surface area contributed by atoms with Gasteiger partial charge in [-0.15, -0.1) is 6.58 Å². The molecule has 7 nitrogen and oxygen atoms in total. The summed E-state index contributed by atoms with van der Waals surface area (Å²) >= 11 is 0. The zero-order chi connectivity index (χ0) is 26.6. The van der Waals surface area contributed by atoms with Gasteiger partial charge in [-0.1, -0.05) is 45.1 Å². The third-order valence-corrected chi connectivity index (χ3v) is 9.87. The van der Waals surface area contributed by atoms with Crippen LogP contribution in [0.3, 0.4) is 0 Å². The van der Waals surface area contributed by atoms with Crippen LogP contribution >= 0.6 is 0 Å². The second-order valence-corrected chi connectivity index (χ2v) is 12.2. The Bertz CT molecular complexity index is 957. The standard InChI is InChI=1S/C29H43NO6/c1-8-11-30-27(33)36-23-14-28(7)13-20-16(4)9-10-21-18(6)35-26(32)25(31)29(21,34)17(5)19(20)12-22(28)24(23)15(2)3/h8-9,15,18-25,31,34H,1,5,10-14H2,2-4,6-7H3,(H,30,33). The number of alkyl carbamates (subject to hydrolysis) is 1. The van der Waals surface area contributed by atoms with Gasteiger partial charge < -0.3 is 25.0 Å². The topological polar surface area (TPSA) is 105 Å². The van der Waals surface area contributed by atoms with Gasteiger partial charge >= 0.3 is 12.1 Å². The molecule has 0 aromatic carbocycles. The molecule has 3 N–H and O–H groups in total. The first-order valence-corrected chi connectivity index (χ1v) is 13.4. The van der Waals surface area contributed by atoms with Crippen LogP contribution in [-0.2, 0) is 14.3 Å². The average Bonchev–Trinajstić information content (AvgIpc) is 3.09. The highest BCUT2D eigenvalue weighted by Crippen LogP contribution is 2.63. The summed E-state index contributed by atoms with van der Waals surface area (Å²) in [6.07, 6.45) is 3.88. The van der Waals surface area contributed by atoms with Crippen molar-refractivity contribution in [1.29, 1.82) is 0 Å². The lowest BCUT2D eigenvalue weighted by Crippen LogP contribution is -2.63. The first kappa shape index (κ1) is 26.9. The van der Waals surface area contributed by atoms with E-state index in [4.69, 9.17) is 9.47 Å². The van der Waals surface area contributed by atoms with Crippen LogP contribution in [0.2, 0.25) is 0 Å². The highest BCUT2D eigenvalue weighted by Gasteiger charge is 2.62. The normalized spacial score (nSPS) is 44.3. The number of fused-ring (bicyclic) bond motifs is 3. The Hall–Kier alpha value is -2.12. The van der Waals surface area contributed by atoms with Crippen LogP contribution in [0.4, 0.5) is 4.79 Å². The first-order valence-electron chi connectivity index (χ1n) is 13.4. The summed E-state index contributed by atoms with van der Waals surface area (Å²) in [7, 11) is 0. The number of carbonyl (C=O) groups is 2. The highest BCUT2D eigenvalue weighted by atomic mass is 16.6. The molecule has 0 bridgehead atoms. The van der Waals surface area contributed by atoms with Gasteiger partial charge in [0.05, 0.1) is 0 Å². The fraction of sp³-hybridized carbons (Fsp3) is 0.724. The SMILES string of the molecule is C=CCNC(=O)OC1CC2(C)CC3C(C)=CCC4C(C)OC(=O)C(O)C4(O)C(=C)C3CC2C1C(C)C. The van der Waals surface area contributed by atoms with E-state index >= 15 is 0 Å². The number of ether oxygens (including phenoxy) is 2. The molecule has 36 heavy (non-hydrogen) atoms. The first-order chi connectivity index (χ1) is 16.8. The molecular weight excluding hydrogens is 458 g/mol. The molecule has 0 aromatic rings. The highest BCUT2D eigenvalue weighted by molar-refractivity contribution is 5.78. The van der Waals surface area contributed by atoms with Crippen LogP contribution in [-0.4, -0.2) is 52.7 Å². The van der Waals surface area contributed by atoms with Crippen LogP contribution in [0.15, 0.2) is 36.5 Å². The summed E-state index contributed by atoms with van der Waals surface area (Å²) in [4.78, 5) is 24.9. The molecule has 10 atom stereocenters. The summed E-state index contributed by atoms with van der Waals surface area (Å²) < 4.78 is 11.3. The molecule has 4 rings (SSSR count). The van der Waals surface area contributed by atoms with Gasteiger partial charge in [0.15, 0.2) is 6.10 Å². The van der Waals surface area contributed by atoms with Crippen molar-refractivity contribution in [2.45, 2.75) is 84.2 Å². The van der Waals surface area contributed by atoms with Crippen molar-refractivity contribution in [2.75, 3.05) is 6.54 Å². The van der Waals surface area contributed by atoms with Crippen LogP contribution in [0, 0.1) is 40.9 Å². The van der Waals surface area contributed by atoms with E-state index in [0.29, 0.717) is 18.5 Å². The number of aliphatic hydroxyl groups is 2. The van der Waals surface area contributed by atoms with Gasteiger partial charge in [-0.2, -0.15) is 0 Å². The second-order valence-electron chi connectivity index (χ2n) is 12.2. The largest absolute Gasteiger partial charge is 0.460 e. The van der Waals surface area contributed by atoms with Gasteiger partial charge in [-0.3, -0.25) is 0 Å². The maximum absolute atomic E-state index is 12.5. The van der Waals surface area contributed by atoms with Crippen molar-refractivity contribution in [3.05, 3.63) is 36.5 Å². The lowest BCUT2D eigenvalue weighted by atomic mass is 9.53. The number of allylic oxidation sites excluding steroid dienone is 2. The fourth-order valence-electron chi connectivity index (χ4n) is 8.06. The van der Waals surface area contributed by atoms with Crippen LogP contribution in [0.5, 0.6) is 0 Å². The monoisotopic (exact) mass is 501 g/mol. The van der Waals surface area contributed by atoms with E-state index in [0.717, 1.165) is 19.3 Å². The number of rotatable bonds is 4. The van der Waals surface area contributed by atoms with Crippen LogP contribution in [0.25, 0.3) is 0 Å². The summed E-state index contributed by atoms with van der Waals surface area (Å²) in [5.74, 6) is -0.544. The second kappa shape index (κ2) is 9.64. The predicted molar refractivity (Wildman–Crippen MR) is 137 cm³/mol. The van der Waals surface area contributed by atoms with Crippen molar-refractivity contribution in [1.82, 2.24) is 5.32 Å². The summed E-state index contributed by atoms with van der Waals surface area (Å²) in [5, 5.41) is 25.6. The van der Waals surface area contributed by atoms with Crippen molar-refractivity contribution < 1.29 is 29.3 Å². The molecule has 3 aliphatic carbocycles. The quantitative estimate of drug-likeness (QED) is 0.395. The molecule has 1 heterocycles. The van der Waals surface area contributed by atoms with Gasteiger partial charge in [-0.05, 0) is 74.2 Å². The zero-order valence-electron chi connectivity index (χ0n) is 22.3. The Morgan fingerprint density at radius 2 is 2.03 bits per heavy atom. The van der Waals surface area contributed by atoms with Crippen molar-refractivity contribution in [3.8, 4) is 0 Å². The Morgan fingerprint density at radius 1 is 1.33 bits per heavy atom. The molecule has 10 unspecified atom stereocenters. The molecule has 1 amide bonds. The minimum Gasteiger partial charge on any atom is -0.460 e. The molecule has 0 radical (unpaired) electrons. The van der Waals surface area contributed by atoms with Crippen LogP contribution in [0.1, 0.15) is 60.3 Å². The summed E-state index contributed by atoms with van der Waals surface area (Å²) in [5.41, 5.74) is -0.00284. The van der Waals surface area contributed by atoms with E-state index in [1.165, 1.54) is 5.57 Å². The maximum atomic E-state index is 12.5. The average molecular weight is 502 g/mol. The van der Waals surface area contributed by atoms with Crippen molar-refractivity contribution in [2.24, 2.45) is 40.9 Å². The number of hydrogen-bond donors (Lipinski definition) is 3. The number of cyclic esters (lactones) is 1. The van der Waals surface area contributed by atoms with Gasteiger partial charge in [0, 0.05) is 18.4 Å². The van der Waals surface area contributed by atoms with Gasteiger partial charge in [0.2, 0.25) is 0 Å². The predicted octanol–water partition coefficient (Wildman–Crippen LogP) is 4.15. The van der Waals surface area contributed by atoms with E-state index in [9.17, 15) is 19.8 Å². The number of carbonyl (C=O) groups excluding carboxylic acids is 2. The molecule has 1 aliphatic heterocycles. The Balaban J connectivity index is 1.70. The molecule has 4 aliphatic rings. The van der Waals surface area contributed by atoms with Gasteiger partial charge in [0.1, 0.15) is 17.8 Å². The van der Waals surface area contributed by atoms with Gasteiger partial charge in [0.25, 0.3) is 0 Å². The van der Waals surface area contributed by atoms with Crippen molar-refractivity contribution >= 4 is 12.1 Å². The number of nitrogens with one attached hydrogen (secondary N) is 1. The van der Waals surface area contributed by atoms with E-state index < -0.39 is 35.8 Å². The third kappa shape index (κ3) is 4.22. The molecule has 1 saturated heterocycles. The molecular formula is C29H43NO6. The number of hydrogen-bond acceptors (Lipinski definition) is 6. The molecule has 3 fully saturated rings. The molecule has 200 valence electrons. The molecule has 7 heteroatoms. The Kier molecular flexibility index (Phi) is 7.21. The van der Waals surface area contributed by atoms with E-state index in [1.807, 2.05) is 0 Å². The van der Waals surface area contributed by atoms with E-state index in [2.05, 4.69) is 52.2 Å². The minimum atomic E-state index is -1.74. The molecule has 2 saturated carbocycles. The summed E-state index contributed by atoms with van der Waals surface area (Å²) in [6, 6.07) is 0. The minimum absolute atomic E-state index is 0.0481. The fourth-order valence-corrected chi connectivity index (χ4v) is 8.06. The zero-order valence-corrected chi connectivity index (χ0v) is 22.3. The number of amides is 1. The Labute approximate surface area is 215 Å². The van der Waals surface area contributed by atoms with E-state index in [-0.39, 0.29) is 41.1 Å². The maximum Gasteiger partial charge on any atom is 0.407 e. The van der Waals surface area contributed by atoms with Crippen LogP contribution < -0.4 is 5.32 Å². The van der Waals surface area contributed by atoms with Gasteiger partial charge in [-0.25, -0.2) is 9.59 Å². The lowest BCUT2D eigenvalue weighted by molar-refractivity contribution is -0.209. The van der Waals surface area contributed by atoms with Crippen molar-refractivity contribution in [3.63, 3.8) is 0 Å². The Morgan fingerprint density at radius 3 is 2.67 bits per heavy atom. The smallest absolute Gasteiger partial charge is 0.407 e. The van der Waals surface area contributed by atoms with E-state index in [1.54, 1.807) is 13.0 Å². The molecule has 0 spiro atoms. The number of aliphatic hydroxyl groups excluding tert-OH is 1. The summed E-state index contributed by atoms with van der Waals surface area (Å²) in [6.45, 7) is 18.9. The third-order valence-electron chi connectivity index (χ3n) is 9.87. The number of esters is 1. The lowest BCUT2D eigenvalue weighted by Gasteiger charge is -2.54.